The van der Waals surface area contributed by atoms with Crippen molar-refractivity contribution in [2.45, 2.75) is 79.4 Å². The highest BCUT2D eigenvalue weighted by atomic mass is 16.5. The maximum atomic E-state index is 13.0. The van der Waals surface area contributed by atoms with Gasteiger partial charge in [-0.1, -0.05) is 39.8 Å². The molecule has 2 aromatic rings. The largest absolute Gasteiger partial charge is 0.458 e. The molecule has 8 nitrogen and oxygen atoms in total. The summed E-state index contributed by atoms with van der Waals surface area (Å²) in [4.78, 5) is 34.0. The second-order valence-corrected chi connectivity index (χ2v) is 10.3. The normalized spacial score (nSPS) is 29.2. The molecule has 1 aliphatic heterocycles. The Hall–Kier alpha value is -3.16. The van der Waals surface area contributed by atoms with E-state index in [4.69, 9.17) is 18.3 Å². The second-order valence-electron chi connectivity index (χ2n) is 10.3. The van der Waals surface area contributed by atoms with Gasteiger partial charge in [0.2, 0.25) is 0 Å². The van der Waals surface area contributed by atoms with Crippen molar-refractivity contribution in [2.75, 3.05) is 0 Å². The van der Waals surface area contributed by atoms with E-state index in [1.165, 1.54) is 12.8 Å². The number of ether oxygens (including phenoxy) is 2. The number of hydrogen-bond donors (Lipinski definition) is 0. The molecule has 2 aromatic heterocycles. The molecule has 1 aliphatic rings. The smallest absolute Gasteiger partial charge is 0.333 e. The second kappa shape index (κ2) is 12.7. The van der Waals surface area contributed by atoms with Crippen molar-refractivity contribution in [3.8, 4) is 0 Å². The third-order valence-corrected chi connectivity index (χ3v) is 6.76. The molecule has 1 unspecified atom stereocenters. The van der Waals surface area contributed by atoms with Gasteiger partial charge >= 0.3 is 11.9 Å². The summed E-state index contributed by atoms with van der Waals surface area (Å²) in [5.74, 6) is 0.843. The van der Waals surface area contributed by atoms with Gasteiger partial charge in [0.15, 0.2) is 12.8 Å². The van der Waals surface area contributed by atoms with Crippen molar-refractivity contribution >= 4 is 11.9 Å². The molecule has 3 heterocycles. The minimum atomic E-state index is -0.384. The van der Waals surface area contributed by atoms with Crippen LogP contribution in [0.25, 0.3) is 0 Å². The highest BCUT2D eigenvalue weighted by Gasteiger charge is 2.28. The Morgan fingerprint density at radius 2 is 1.11 bits per heavy atom. The first-order chi connectivity index (χ1) is 17.1. The summed E-state index contributed by atoms with van der Waals surface area (Å²) in [5.41, 5.74) is 1.12. The summed E-state index contributed by atoms with van der Waals surface area (Å²) in [6.45, 7) is 11.8. The number of carbonyl (C=O) groups excluding carboxylic acids is 2. The molecular weight excluding hydrogens is 460 g/mol. The van der Waals surface area contributed by atoms with Crippen LogP contribution in [0.15, 0.2) is 57.3 Å². The van der Waals surface area contributed by atoms with Crippen molar-refractivity contribution in [2.24, 2.45) is 23.7 Å². The Kier molecular flexibility index (Phi) is 9.67. The van der Waals surface area contributed by atoms with Crippen LogP contribution in [0.1, 0.15) is 65.9 Å². The highest BCUT2D eigenvalue weighted by molar-refractivity contribution is 5.88. The fraction of sp³-hybridized carbons (Fsp3) is 0.571. The first-order valence-electron chi connectivity index (χ1n) is 12.7. The number of carbonyl (C=O) groups is 2. The lowest BCUT2D eigenvalue weighted by molar-refractivity contribution is -0.147. The zero-order valence-corrected chi connectivity index (χ0v) is 22.1. The number of rotatable bonds is 4. The molecule has 0 saturated heterocycles. The number of cyclic esters (lactones) is 2. The van der Waals surface area contributed by atoms with E-state index in [9.17, 15) is 9.59 Å². The average Bonchev–Trinajstić information content (AvgIpc) is 3.51. The van der Waals surface area contributed by atoms with E-state index in [0.717, 1.165) is 0 Å². The summed E-state index contributed by atoms with van der Waals surface area (Å²) in [5, 5.41) is 0. The summed E-state index contributed by atoms with van der Waals surface area (Å²) in [6.07, 6.45) is 11.4. The predicted octanol–water partition coefficient (Wildman–Crippen LogP) is 5.50. The van der Waals surface area contributed by atoms with E-state index < -0.39 is 0 Å². The highest BCUT2D eigenvalue weighted by Crippen LogP contribution is 2.27. The molecule has 0 saturated carbocycles. The first kappa shape index (κ1) is 27.4. The zero-order chi connectivity index (χ0) is 26.2. The Morgan fingerprint density at radius 1 is 0.722 bits per heavy atom. The summed E-state index contributed by atoms with van der Waals surface area (Å²) >= 11 is 0. The van der Waals surface area contributed by atoms with E-state index in [1.54, 1.807) is 26.2 Å². The zero-order valence-electron chi connectivity index (χ0n) is 22.1. The van der Waals surface area contributed by atoms with Gasteiger partial charge < -0.3 is 18.3 Å². The molecule has 0 radical (unpaired) electrons. The van der Waals surface area contributed by atoms with Crippen LogP contribution in [0.5, 0.6) is 0 Å². The number of nitrogens with zero attached hydrogens (tertiary/aromatic N) is 2. The third-order valence-electron chi connectivity index (χ3n) is 6.76. The number of esters is 2. The Bertz CT molecular complexity index is 956. The number of allylic oxidation sites excluding steroid dienone is 2. The molecule has 3 rings (SSSR count). The summed E-state index contributed by atoms with van der Waals surface area (Å²) < 4.78 is 22.8. The van der Waals surface area contributed by atoms with Gasteiger partial charge in [0.25, 0.3) is 0 Å². The lowest BCUT2D eigenvalue weighted by atomic mass is 9.88. The van der Waals surface area contributed by atoms with Crippen LogP contribution in [-0.2, 0) is 31.9 Å². The Morgan fingerprint density at radius 3 is 1.44 bits per heavy atom. The number of oxazole rings is 2. The van der Waals surface area contributed by atoms with E-state index in [1.807, 2.05) is 39.8 Å². The van der Waals surface area contributed by atoms with E-state index in [0.29, 0.717) is 48.3 Å². The molecule has 0 aromatic carbocycles. The maximum Gasteiger partial charge on any atom is 0.333 e. The summed E-state index contributed by atoms with van der Waals surface area (Å²) in [7, 11) is 0. The standard InChI is InChI=1S/C28H38N2O6/c1-17-7-19(3)25(11-23-13-29-15-33-23)35-28(32)22(6)10-18(2)8-20(4)26(12-24-14-30-16-34-24)36-27(31)21(5)9-17/h9-10,13-20,25-26H,7-8,11-12H2,1-6H3/t17-,18-,19+,20+,25+,26?/m1/s1. The minimum absolute atomic E-state index is 0.0199. The molecule has 6 atom stereocenters. The lowest BCUT2D eigenvalue weighted by Gasteiger charge is -2.27. The van der Waals surface area contributed by atoms with Crippen LogP contribution >= 0.6 is 0 Å². The minimum Gasteiger partial charge on any atom is -0.458 e. The van der Waals surface area contributed by atoms with Gasteiger partial charge in [0, 0.05) is 24.0 Å². The third kappa shape index (κ3) is 7.93. The molecular formula is C28H38N2O6. The van der Waals surface area contributed by atoms with Crippen molar-refractivity contribution in [3.05, 3.63) is 60.0 Å². The van der Waals surface area contributed by atoms with E-state index in [2.05, 4.69) is 9.97 Å². The van der Waals surface area contributed by atoms with Crippen molar-refractivity contribution in [3.63, 3.8) is 0 Å². The molecule has 0 spiro atoms. The fourth-order valence-electron chi connectivity index (χ4n) is 4.86. The number of hydrogen-bond acceptors (Lipinski definition) is 8. The lowest BCUT2D eigenvalue weighted by Crippen LogP contribution is -2.30. The van der Waals surface area contributed by atoms with Crippen molar-refractivity contribution in [1.82, 2.24) is 9.97 Å². The SMILES string of the molecule is CC1=C[C@H](C)C[C@H](C)[C@H](Cc2cnco2)OC(=O)C(C)=C[C@H](C)C[C@H](C)C(Cc2cnco2)OC1=O. The molecule has 8 heteroatoms. The van der Waals surface area contributed by atoms with Crippen molar-refractivity contribution < 1.29 is 27.9 Å². The van der Waals surface area contributed by atoms with Gasteiger partial charge in [-0.2, -0.15) is 0 Å². The monoisotopic (exact) mass is 498 g/mol. The van der Waals surface area contributed by atoms with Crippen LogP contribution in [0.3, 0.4) is 0 Å². The van der Waals surface area contributed by atoms with Gasteiger partial charge in [-0.3, -0.25) is 0 Å². The van der Waals surface area contributed by atoms with Gasteiger partial charge in [-0.15, -0.1) is 0 Å². The quantitative estimate of drug-likeness (QED) is 0.509. The maximum absolute atomic E-state index is 13.0. The molecule has 0 fully saturated rings. The topological polar surface area (TPSA) is 105 Å². The summed E-state index contributed by atoms with van der Waals surface area (Å²) in [6, 6.07) is 0. The van der Waals surface area contributed by atoms with Gasteiger partial charge in [0.1, 0.15) is 23.7 Å². The van der Waals surface area contributed by atoms with Crippen LogP contribution in [0, 0.1) is 23.7 Å². The average molecular weight is 499 g/mol. The molecule has 0 aliphatic carbocycles. The van der Waals surface area contributed by atoms with Crippen LogP contribution < -0.4 is 0 Å². The predicted molar refractivity (Wildman–Crippen MR) is 134 cm³/mol. The van der Waals surface area contributed by atoms with Gasteiger partial charge in [-0.05, 0) is 50.4 Å². The molecule has 0 N–H and O–H groups in total. The van der Waals surface area contributed by atoms with Crippen LogP contribution in [0.2, 0.25) is 0 Å². The molecule has 0 amide bonds. The van der Waals surface area contributed by atoms with Gasteiger partial charge in [0.05, 0.1) is 12.4 Å². The van der Waals surface area contributed by atoms with Gasteiger partial charge in [-0.25, -0.2) is 19.6 Å². The van der Waals surface area contributed by atoms with E-state index in [-0.39, 0.29) is 47.8 Å². The van der Waals surface area contributed by atoms with Crippen molar-refractivity contribution in [1.29, 1.82) is 0 Å². The Balaban J connectivity index is 1.87. The van der Waals surface area contributed by atoms with E-state index >= 15 is 0 Å². The molecule has 196 valence electrons. The molecule has 36 heavy (non-hydrogen) atoms. The molecule has 0 bridgehead atoms. The number of aromatic nitrogens is 2. The Labute approximate surface area is 213 Å². The first-order valence-corrected chi connectivity index (χ1v) is 12.7. The van der Waals surface area contributed by atoms with Crippen LogP contribution in [0.4, 0.5) is 0 Å². The van der Waals surface area contributed by atoms with Crippen LogP contribution in [-0.4, -0.2) is 34.1 Å². The fourth-order valence-corrected chi connectivity index (χ4v) is 4.86.